The van der Waals surface area contributed by atoms with Crippen molar-refractivity contribution < 1.29 is 4.39 Å². The fourth-order valence-electron chi connectivity index (χ4n) is 1.79. The highest BCUT2D eigenvalue weighted by molar-refractivity contribution is 14.1. The van der Waals surface area contributed by atoms with E-state index in [2.05, 4.69) is 22.6 Å². The second-order valence-corrected chi connectivity index (χ2v) is 5.75. The molecule has 18 heavy (non-hydrogen) atoms. The van der Waals surface area contributed by atoms with Gasteiger partial charge in [0.1, 0.15) is 5.82 Å². The zero-order valence-corrected chi connectivity index (χ0v) is 12.5. The van der Waals surface area contributed by atoms with E-state index < -0.39 is 0 Å². The van der Waals surface area contributed by atoms with E-state index in [9.17, 15) is 4.39 Å². The molecule has 2 rings (SSSR count). The fraction of sp³-hybridized carbons (Fsp3) is 0.143. The number of rotatable bonds is 3. The van der Waals surface area contributed by atoms with Crippen LogP contribution in [0.2, 0.25) is 5.02 Å². The monoisotopic (exact) mass is 375 g/mol. The first kappa shape index (κ1) is 13.8. The highest BCUT2D eigenvalue weighted by atomic mass is 127. The van der Waals surface area contributed by atoms with Gasteiger partial charge in [0.05, 0.1) is 0 Å². The standard InChI is InChI=1S/C14H12ClFIN/c15-13-5-4-11(16)6-10(13)8-14(18)9-2-1-3-12(17)7-9/h1-7,14H,8,18H2. The fourth-order valence-corrected chi connectivity index (χ4v) is 2.55. The van der Waals surface area contributed by atoms with Gasteiger partial charge in [0.15, 0.2) is 0 Å². The van der Waals surface area contributed by atoms with Gasteiger partial charge in [-0.05, 0) is 70.5 Å². The van der Waals surface area contributed by atoms with Crippen molar-refractivity contribution in [3.8, 4) is 0 Å². The number of halogens is 3. The van der Waals surface area contributed by atoms with Crippen LogP contribution in [0.25, 0.3) is 0 Å². The second kappa shape index (κ2) is 5.99. The molecule has 2 aromatic carbocycles. The minimum Gasteiger partial charge on any atom is -0.324 e. The number of benzene rings is 2. The first-order chi connectivity index (χ1) is 8.56. The van der Waals surface area contributed by atoms with Gasteiger partial charge in [0.25, 0.3) is 0 Å². The van der Waals surface area contributed by atoms with E-state index in [-0.39, 0.29) is 11.9 Å². The van der Waals surface area contributed by atoms with E-state index in [1.165, 1.54) is 12.1 Å². The molecule has 0 saturated heterocycles. The van der Waals surface area contributed by atoms with E-state index in [0.717, 1.165) is 14.7 Å². The van der Waals surface area contributed by atoms with Gasteiger partial charge in [-0.1, -0.05) is 23.7 Å². The molecule has 0 aliphatic heterocycles. The maximum atomic E-state index is 13.2. The summed E-state index contributed by atoms with van der Waals surface area (Å²) in [6.45, 7) is 0. The highest BCUT2D eigenvalue weighted by Crippen LogP contribution is 2.23. The third-order valence-corrected chi connectivity index (χ3v) is 3.76. The summed E-state index contributed by atoms with van der Waals surface area (Å²) >= 11 is 8.28. The predicted octanol–water partition coefficient (Wildman–Crippen LogP) is 4.33. The first-order valence-corrected chi connectivity index (χ1v) is 6.97. The third kappa shape index (κ3) is 3.43. The van der Waals surface area contributed by atoms with Gasteiger partial charge in [-0.2, -0.15) is 0 Å². The van der Waals surface area contributed by atoms with Gasteiger partial charge in [-0.25, -0.2) is 4.39 Å². The lowest BCUT2D eigenvalue weighted by Crippen LogP contribution is -2.13. The van der Waals surface area contributed by atoms with Gasteiger partial charge in [-0.15, -0.1) is 0 Å². The number of hydrogen-bond donors (Lipinski definition) is 1. The molecule has 0 radical (unpaired) electrons. The Hall–Kier alpha value is -0.650. The van der Waals surface area contributed by atoms with Gasteiger partial charge in [0.2, 0.25) is 0 Å². The highest BCUT2D eigenvalue weighted by Gasteiger charge is 2.10. The molecule has 2 aromatic rings. The lowest BCUT2D eigenvalue weighted by atomic mass is 10.00. The lowest BCUT2D eigenvalue weighted by molar-refractivity contribution is 0.622. The van der Waals surface area contributed by atoms with Crippen molar-refractivity contribution in [2.75, 3.05) is 0 Å². The summed E-state index contributed by atoms with van der Waals surface area (Å²) in [5.41, 5.74) is 7.90. The van der Waals surface area contributed by atoms with Crippen LogP contribution in [0.15, 0.2) is 42.5 Å². The summed E-state index contributed by atoms with van der Waals surface area (Å²) in [6, 6.07) is 12.1. The van der Waals surface area contributed by atoms with Crippen LogP contribution in [0, 0.1) is 9.39 Å². The SMILES string of the molecule is NC(Cc1cc(F)ccc1Cl)c1cccc(I)c1. The van der Waals surface area contributed by atoms with Crippen LogP contribution in [0.3, 0.4) is 0 Å². The van der Waals surface area contributed by atoms with Crippen LogP contribution in [-0.2, 0) is 6.42 Å². The zero-order chi connectivity index (χ0) is 13.1. The Labute approximate surface area is 124 Å². The van der Waals surface area contributed by atoms with Crippen LogP contribution in [0.1, 0.15) is 17.2 Å². The largest absolute Gasteiger partial charge is 0.324 e. The average molecular weight is 376 g/mol. The van der Waals surface area contributed by atoms with E-state index >= 15 is 0 Å². The van der Waals surface area contributed by atoms with Gasteiger partial charge in [0, 0.05) is 14.6 Å². The van der Waals surface area contributed by atoms with E-state index in [1.54, 1.807) is 6.07 Å². The molecule has 0 amide bonds. The smallest absolute Gasteiger partial charge is 0.123 e. The van der Waals surface area contributed by atoms with Crippen LogP contribution in [-0.4, -0.2) is 0 Å². The molecule has 94 valence electrons. The number of hydrogen-bond acceptors (Lipinski definition) is 1. The molecule has 1 atom stereocenters. The molecule has 0 bridgehead atoms. The molecule has 0 aliphatic carbocycles. The summed E-state index contributed by atoms with van der Waals surface area (Å²) < 4.78 is 14.3. The quantitative estimate of drug-likeness (QED) is 0.794. The molecule has 4 heteroatoms. The first-order valence-electron chi connectivity index (χ1n) is 5.51. The Morgan fingerprint density at radius 2 is 2.00 bits per heavy atom. The van der Waals surface area contributed by atoms with Crippen molar-refractivity contribution in [2.24, 2.45) is 5.73 Å². The minimum atomic E-state index is -0.288. The van der Waals surface area contributed by atoms with Crippen molar-refractivity contribution in [1.82, 2.24) is 0 Å². The Balaban J connectivity index is 2.21. The van der Waals surface area contributed by atoms with Crippen molar-refractivity contribution in [3.63, 3.8) is 0 Å². The molecule has 0 fully saturated rings. The van der Waals surface area contributed by atoms with E-state index in [4.69, 9.17) is 17.3 Å². The zero-order valence-electron chi connectivity index (χ0n) is 9.54. The summed E-state index contributed by atoms with van der Waals surface area (Å²) in [5, 5.41) is 0.553. The molecule has 1 nitrogen and oxygen atoms in total. The van der Waals surface area contributed by atoms with Crippen LogP contribution in [0.4, 0.5) is 4.39 Å². The molecule has 0 heterocycles. The molecular weight excluding hydrogens is 364 g/mol. The Morgan fingerprint density at radius 1 is 1.22 bits per heavy atom. The van der Waals surface area contributed by atoms with Crippen molar-refractivity contribution in [3.05, 3.63) is 68.0 Å². The molecule has 0 saturated carbocycles. The molecule has 1 unspecified atom stereocenters. The summed E-state index contributed by atoms with van der Waals surface area (Å²) in [4.78, 5) is 0. The lowest BCUT2D eigenvalue weighted by Gasteiger charge is -2.13. The minimum absolute atomic E-state index is 0.181. The van der Waals surface area contributed by atoms with Crippen LogP contribution < -0.4 is 5.73 Å². The predicted molar refractivity (Wildman–Crippen MR) is 81.2 cm³/mol. The Morgan fingerprint density at radius 3 is 2.72 bits per heavy atom. The maximum Gasteiger partial charge on any atom is 0.123 e. The van der Waals surface area contributed by atoms with Crippen LogP contribution in [0.5, 0.6) is 0 Å². The normalized spacial score (nSPS) is 12.4. The summed E-state index contributed by atoms with van der Waals surface area (Å²) in [6.07, 6.45) is 0.524. The molecule has 0 aromatic heterocycles. The second-order valence-electron chi connectivity index (χ2n) is 4.10. The van der Waals surface area contributed by atoms with Crippen molar-refractivity contribution in [2.45, 2.75) is 12.5 Å². The Bertz CT molecular complexity index is 559. The molecular formula is C14H12ClFIN. The van der Waals surface area contributed by atoms with Crippen molar-refractivity contribution in [1.29, 1.82) is 0 Å². The molecule has 2 N–H and O–H groups in total. The van der Waals surface area contributed by atoms with Crippen molar-refractivity contribution >= 4 is 34.2 Å². The molecule has 0 spiro atoms. The summed E-state index contributed by atoms with van der Waals surface area (Å²) in [5.74, 6) is -0.288. The van der Waals surface area contributed by atoms with Gasteiger partial charge >= 0.3 is 0 Å². The average Bonchev–Trinajstić information content (AvgIpc) is 2.34. The summed E-state index contributed by atoms with van der Waals surface area (Å²) in [7, 11) is 0. The third-order valence-electron chi connectivity index (χ3n) is 2.72. The Kier molecular flexibility index (Phi) is 4.59. The number of nitrogens with two attached hydrogens (primary N) is 1. The van der Waals surface area contributed by atoms with E-state index in [0.29, 0.717) is 11.4 Å². The van der Waals surface area contributed by atoms with Gasteiger partial charge < -0.3 is 5.73 Å². The van der Waals surface area contributed by atoms with Crippen LogP contribution >= 0.6 is 34.2 Å². The van der Waals surface area contributed by atoms with E-state index in [1.807, 2.05) is 24.3 Å². The maximum absolute atomic E-state index is 13.2. The van der Waals surface area contributed by atoms with Gasteiger partial charge in [-0.3, -0.25) is 0 Å². The topological polar surface area (TPSA) is 26.0 Å². The molecule has 0 aliphatic rings.